The Kier molecular flexibility index (Phi) is 6.00. The number of hydrogen-bond acceptors (Lipinski definition) is 4. The van der Waals surface area contributed by atoms with Crippen molar-refractivity contribution in [2.45, 2.75) is 24.8 Å². The van der Waals surface area contributed by atoms with Crippen molar-refractivity contribution in [1.29, 1.82) is 0 Å². The fourth-order valence-electron chi connectivity index (χ4n) is 1.78. The number of aliphatic hydroxyl groups is 1. The topological polar surface area (TPSA) is 83.6 Å². The van der Waals surface area contributed by atoms with Crippen LogP contribution in [-0.4, -0.2) is 44.0 Å². The Hall–Kier alpha value is -1.09. The Morgan fingerprint density at radius 1 is 1.40 bits per heavy atom. The molecule has 1 rings (SSSR count). The molecule has 0 aliphatic rings. The first-order chi connectivity index (χ1) is 9.32. The van der Waals surface area contributed by atoms with E-state index in [1.807, 2.05) is 0 Å². The van der Waals surface area contributed by atoms with Crippen molar-refractivity contribution >= 4 is 10.0 Å². The number of nitrogens with zero attached hydrogens (tertiary/aromatic N) is 1. The predicted octanol–water partition coefficient (Wildman–Crippen LogP) is 0.702. The normalized spacial score (nSPS) is 12.3. The van der Waals surface area contributed by atoms with Crippen molar-refractivity contribution in [3.8, 4) is 0 Å². The second-order valence-corrected chi connectivity index (χ2v) is 6.21. The summed E-state index contributed by atoms with van der Waals surface area (Å²) >= 11 is 0. The van der Waals surface area contributed by atoms with Crippen LogP contribution >= 0.6 is 0 Å². The number of hydrogen-bond donors (Lipinski definition) is 2. The number of aliphatic hydroxyl groups excluding tert-OH is 1. The Morgan fingerprint density at radius 3 is 2.50 bits per heavy atom. The van der Waals surface area contributed by atoms with Gasteiger partial charge in [0, 0.05) is 13.1 Å². The summed E-state index contributed by atoms with van der Waals surface area (Å²) in [6.07, 6.45) is -2.80. The number of nitrogens with two attached hydrogens (primary N) is 1. The van der Waals surface area contributed by atoms with E-state index >= 15 is 0 Å². The van der Waals surface area contributed by atoms with Crippen molar-refractivity contribution in [1.82, 2.24) is 4.31 Å². The van der Waals surface area contributed by atoms with Crippen LogP contribution in [0.5, 0.6) is 0 Å². The van der Waals surface area contributed by atoms with Crippen LogP contribution < -0.4 is 5.73 Å². The number of halogens is 2. The van der Waals surface area contributed by atoms with Crippen LogP contribution in [0.15, 0.2) is 23.1 Å². The van der Waals surface area contributed by atoms with Gasteiger partial charge in [-0.25, -0.2) is 17.2 Å². The first-order valence-corrected chi connectivity index (χ1v) is 7.45. The highest BCUT2D eigenvalue weighted by molar-refractivity contribution is 7.89. The third-order valence-corrected chi connectivity index (χ3v) is 4.72. The fraction of sp³-hybridized carbons (Fsp3) is 0.500. The van der Waals surface area contributed by atoms with Crippen LogP contribution in [0.1, 0.15) is 11.1 Å². The smallest absolute Gasteiger partial charge is 0.252 e. The molecule has 0 saturated carbocycles. The lowest BCUT2D eigenvalue weighted by Gasteiger charge is -2.21. The second-order valence-electron chi connectivity index (χ2n) is 4.27. The minimum atomic E-state index is -4.05. The molecule has 0 unspecified atom stereocenters. The molecule has 0 bridgehead atoms. The SMILES string of the molecule is Cc1cc(S(=O)(=O)N(CCO)CC(F)F)ccc1CN. The summed E-state index contributed by atoms with van der Waals surface area (Å²) in [4.78, 5) is -0.0821. The lowest BCUT2D eigenvalue weighted by Crippen LogP contribution is -2.37. The van der Waals surface area contributed by atoms with Gasteiger partial charge in [0.25, 0.3) is 6.43 Å². The Labute approximate surface area is 117 Å². The van der Waals surface area contributed by atoms with E-state index < -0.39 is 29.6 Å². The summed E-state index contributed by atoms with van der Waals surface area (Å²) in [6.45, 7) is 0.130. The number of alkyl halides is 2. The average Bonchev–Trinajstić information content (AvgIpc) is 2.37. The first kappa shape index (κ1) is 17.0. The van der Waals surface area contributed by atoms with Crippen LogP contribution in [0, 0.1) is 6.92 Å². The van der Waals surface area contributed by atoms with Gasteiger partial charge in [-0.3, -0.25) is 0 Å². The largest absolute Gasteiger partial charge is 0.395 e. The number of sulfonamides is 1. The van der Waals surface area contributed by atoms with Gasteiger partial charge in [-0.2, -0.15) is 4.31 Å². The van der Waals surface area contributed by atoms with Crippen LogP contribution in [-0.2, 0) is 16.6 Å². The number of rotatable bonds is 7. The Morgan fingerprint density at radius 2 is 2.05 bits per heavy atom. The maximum absolute atomic E-state index is 12.4. The van der Waals surface area contributed by atoms with Crippen LogP contribution in [0.2, 0.25) is 0 Å². The molecule has 1 aromatic carbocycles. The summed E-state index contributed by atoms with van der Waals surface area (Å²) in [5, 5.41) is 8.83. The van der Waals surface area contributed by atoms with E-state index in [1.165, 1.54) is 12.1 Å². The van der Waals surface area contributed by atoms with Crippen LogP contribution in [0.4, 0.5) is 8.78 Å². The molecule has 1 aromatic rings. The highest BCUT2D eigenvalue weighted by Gasteiger charge is 2.27. The molecule has 0 amide bonds. The van der Waals surface area contributed by atoms with Gasteiger partial charge in [0.2, 0.25) is 10.0 Å². The van der Waals surface area contributed by atoms with Gasteiger partial charge in [-0.1, -0.05) is 6.07 Å². The molecular formula is C12H18F2N2O3S. The summed E-state index contributed by atoms with van der Waals surface area (Å²) in [5.41, 5.74) is 6.95. The van der Waals surface area contributed by atoms with Crippen molar-refractivity contribution in [2.75, 3.05) is 19.7 Å². The van der Waals surface area contributed by atoms with Crippen molar-refractivity contribution < 1.29 is 22.3 Å². The molecule has 0 aliphatic carbocycles. The zero-order valence-electron chi connectivity index (χ0n) is 11.1. The van der Waals surface area contributed by atoms with Gasteiger partial charge in [-0.05, 0) is 30.2 Å². The second kappa shape index (κ2) is 7.07. The summed E-state index contributed by atoms with van der Waals surface area (Å²) in [5.74, 6) is 0. The maximum Gasteiger partial charge on any atom is 0.252 e. The van der Waals surface area contributed by atoms with E-state index in [4.69, 9.17) is 10.8 Å². The van der Waals surface area contributed by atoms with Gasteiger partial charge in [0.1, 0.15) is 0 Å². The van der Waals surface area contributed by atoms with E-state index in [1.54, 1.807) is 13.0 Å². The molecule has 0 fully saturated rings. The van der Waals surface area contributed by atoms with E-state index in [-0.39, 0.29) is 18.0 Å². The van der Waals surface area contributed by atoms with Gasteiger partial charge in [0.15, 0.2) is 0 Å². The fourth-order valence-corrected chi connectivity index (χ4v) is 3.28. The monoisotopic (exact) mass is 308 g/mol. The molecule has 0 heterocycles. The first-order valence-electron chi connectivity index (χ1n) is 6.01. The van der Waals surface area contributed by atoms with Gasteiger partial charge < -0.3 is 10.8 Å². The molecular weight excluding hydrogens is 290 g/mol. The standard InChI is InChI=1S/C12H18F2N2O3S/c1-9-6-11(3-2-10(9)7-15)20(18,19)16(4-5-17)8-12(13)14/h2-3,6,12,17H,4-5,7-8,15H2,1H3. The van der Waals surface area contributed by atoms with Crippen LogP contribution in [0.3, 0.4) is 0 Å². The molecule has 0 aromatic heterocycles. The molecule has 0 aliphatic heterocycles. The average molecular weight is 308 g/mol. The quantitative estimate of drug-likeness (QED) is 0.777. The van der Waals surface area contributed by atoms with Crippen molar-refractivity contribution in [2.24, 2.45) is 5.73 Å². The van der Waals surface area contributed by atoms with E-state index in [0.717, 1.165) is 5.56 Å². The third-order valence-electron chi connectivity index (χ3n) is 2.86. The molecule has 114 valence electrons. The molecule has 0 saturated heterocycles. The molecule has 0 spiro atoms. The highest BCUT2D eigenvalue weighted by atomic mass is 32.2. The highest BCUT2D eigenvalue weighted by Crippen LogP contribution is 2.20. The van der Waals surface area contributed by atoms with Crippen molar-refractivity contribution in [3.05, 3.63) is 29.3 Å². The minimum absolute atomic E-state index is 0.0821. The lowest BCUT2D eigenvalue weighted by molar-refractivity contribution is 0.113. The minimum Gasteiger partial charge on any atom is -0.395 e. The molecule has 3 N–H and O–H groups in total. The third kappa shape index (κ3) is 3.95. The van der Waals surface area contributed by atoms with Crippen molar-refractivity contribution in [3.63, 3.8) is 0 Å². The Bertz CT molecular complexity index is 550. The number of benzene rings is 1. The van der Waals surface area contributed by atoms with Gasteiger partial charge in [0.05, 0.1) is 18.0 Å². The maximum atomic E-state index is 12.4. The Balaban J connectivity index is 3.15. The summed E-state index contributed by atoms with van der Waals surface area (Å²) < 4.78 is 50.0. The van der Waals surface area contributed by atoms with E-state index in [2.05, 4.69) is 0 Å². The molecule has 0 radical (unpaired) electrons. The molecule has 20 heavy (non-hydrogen) atoms. The van der Waals surface area contributed by atoms with Gasteiger partial charge in [-0.15, -0.1) is 0 Å². The molecule has 0 atom stereocenters. The van der Waals surface area contributed by atoms with E-state index in [0.29, 0.717) is 9.87 Å². The molecule has 5 nitrogen and oxygen atoms in total. The lowest BCUT2D eigenvalue weighted by atomic mass is 10.1. The summed E-state index contributed by atoms with van der Waals surface area (Å²) in [7, 11) is -4.05. The van der Waals surface area contributed by atoms with E-state index in [9.17, 15) is 17.2 Å². The zero-order valence-corrected chi connectivity index (χ0v) is 11.9. The molecule has 8 heteroatoms. The summed E-state index contributed by atoms with van der Waals surface area (Å²) in [6, 6.07) is 4.29. The van der Waals surface area contributed by atoms with Gasteiger partial charge >= 0.3 is 0 Å². The van der Waals surface area contributed by atoms with Crippen LogP contribution in [0.25, 0.3) is 0 Å². The predicted molar refractivity (Wildman–Crippen MR) is 70.9 cm³/mol. The zero-order chi connectivity index (χ0) is 15.3. The number of aryl methyl sites for hydroxylation is 1.